The molecule has 32 heavy (non-hydrogen) atoms. The molecule has 0 spiro atoms. The zero-order valence-corrected chi connectivity index (χ0v) is 18.3. The lowest BCUT2D eigenvalue weighted by Gasteiger charge is -2.13. The van der Waals surface area contributed by atoms with Gasteiger partial charge in [-0.3, -0.25) is 24.6 Å². The standard InChI is InChI=1S/C23H16N4O3S2/c28-19(24-23-26-25-20(32-23)18-7-4-12-31-18)15-8-9-16-17(13-15)22(30)27(21(16)29)11-10-14-5-2-1-3-6-14/h1-9,12-13H,10-11H2,(H,24,26,28). The number of thiophene rings is 1. The molecule has 158 valence electrons. The minimum Gasteiger partial charge on any atom is -0.296 e. The van der Waals surface area contributed by atoms with Crippen molar-refractivity contribution in [2.24, 2.45) is 0 Å². The maximum Gasteiger partial charge on any atom is 0.261 e. The Kier molecular flexibility index (Phi) is 5.34. The van der Waals surface area contributed by atoms with Crippen molar-refractivity contribution in [3.63, 3.8) is 0 Å². The van der Waals surface area contributed by atoms with E-state index < -0.39 is 5.91 Å². The lowest BCUT2D eigenvalue weighted by atomic mass is 10.1. The maximum absolute atomic E-state index is 12.9. The largest absolute Gasteiger partial charge is 0.296 e. The predicted molar refractivity (Wildman–Crippen MR) is 123 cm³/mol. The number of imide groups is 1. The fraction of sp³-hybridized carbons (Fsp3) is 0.0870. The van der Waals surface area contributed by atoms with Gasteiger partial charge in [-0.15, -0.1) is 21.5 Å². The Bertz CT molecular complexity index is 1320. The highest BCUT2D eigenvalue weighted by Gasteiger charge is 2.35. The highest BCUT2D eigenvalue weighted by Crippen LogP contribution is 2.30. The Hall–Kier alpha value is -3.69. The highest BCUT2D eigenvalue weighted by atomic mass is 32.1. The van der Waals surface area contributed by atoms with E-state index in [2.05, 4.69) is 15.5 Å². The quantitative estimate of drug-likeness (QED) is 0.432. The first kappa shape index (κ1) is 20.2. The molecule has 0 saturated heterocycles. The van der Waals surface area contributed by atoms with E-state index in [0.29, 0.717) is 17.1 Å². The molecule has 0 atom stereocenters. The third-order valence-corrected chi connectivity index (χ3v) is 6.95. The Morgan fingerprint density at radius 2 is 1.75 bits per heavy atom. The fourth-order valence-corrected chi connectivity index (χ4v) is 4.99. The fourth-order valence-electron chi connectivity index (χ4n) is 3.46. The van der Waals surface area contributed by atoms with Crippen LogP contribution in [-0.4, -0.2) is 39.4 Å². The van der Waals surface area contributed by atoms with Gasteiger partial charge in [-0.25, -0.2) is 0 Å². The van der Waals surface area contributed by atoms with Gasteiger partial charge in [0.05, 0.1) is 16.0 Å². The summed E-state index contributed by atoms with van der Waals surface area (Å²) in [6.07, 6.45) is 0.573. The zero-order chi connectivity index (χ0) is 22.1. The van der Waals surface area contributed by atoms with Crippen molar-refractivity contribution >= 4 is 45.5 Å². The Balaban J connectivity index is 1.30. The smallest absolute Gasteiger partial charge is 0.261 e. The van der Waals surface area contributed by atoms with E-state index in [4.69, 9.17) is 0 Å². The minimum atomic E-state index is -0.412. The van der Waals surface area contributed by atoms with Gasteiger partial charge < -0.3 is 0 Å². The Morgan fingerprint density at radius 1 is 0.938 bits per heavy atom. The van der Waals surface area contributed by atoms with E-state index in [0.717, 1.165) is 15.4 Å². The summed E-state index contributed by atoms with van der Waals surface area (Å²) in [4.78, 5) is 40.5. The lowest BCUT2D eigenvalue weighted by Crippen LogP contribution is -2.31. The summed E-state index contributed by atoms with van der Waals surface area (Å²) in [5.41, 5.74) is 1.88. The molecule has 0 fully saturated rings. The first-order valence-corrected chi connectivity index (χ1v) is 11.5. The number of amides is 3. The number of fused-ring (bicyclic) bond motifs is 1. The van der Waals surface area contributed by atoms with Gasteiger partial charge in [0.1, 0.15) is 0 Å². The number of carbonyl (C=O) groups excluding carboxylic acids is 3. The summed E-state index contributed by atoms with van der Waals surface area (Å²) in [7, 11) is 0. The summed E-state index contributed by atoms with van der Waals surface area (Å²) >= 11 is 2.81. The van der Waals surface area contributed by atoms with Gasteiger partial charge in [0.15, 0.2) is 5.01 Å². The SMILES string of the molecule is O=C(Nc1nnc(-c2cccs2)s1)c1ccc2c(c1)C(=O)N(CCc1ccccc1)C2=O. The van der Waals surface area contributed by atoms with Crippen LogP contribution in [0, 0.1) is 0 Å². The van der Waals surface area contributed by atoms with Crippen LogP contribution >= 0.6 is 22.7 Å². The van der Waals surface area contributed by atoms with Crippen molar-refractivity contribution in [1.82, 2.24) is 15.1 Å². The maximum atomic E-state index is 12.9. The normalized spacial score (nSPS) is 12.8. The number of hydrogen-bond acceptors (Lipinski definition) is 7. The number of benzene rings is 2. The topological polar surface area (TPSA) is 92.3 Å². The molecule has 1 N–H and O–H groups in total. The molecule has 1 aliphatic rings. The monoisotopic (exact) mass is 460 g/mol. The van der Waals surface area contributed by atoms with E-state index >= 15 is 0 Å². The second-order valence-electron chi connectivity index (χ2n) is 7.10. The molecule has 3 heterocycles. The number of hydrogen-bond donors (Lipinski definition) is 1. The van der Waals surface area contributed by atoms with E-state index in [-0.39, 0.29) is 29.5 Å². The number of carbonyl (C=O) groups is 3. The molecule has 5 rings (SSSR count). The number of aromatic nitrogens is 2. The van der Waals surface area contributed by atoms with E-state index in [1.165, 1.54) is 28.4 Å². The predicted octanol–water partition coefficient (Wildman–Crippen LogP) is 4.36. The molecular weight excluding hydrogens is 444 g/mol. The van der Waals surface area contributed by atoms with Crippen molar-refractivity contribution in [2.75, 3.05) is 11.9 Å². The number of anilines is 1. The van der Waals surface area contributed by atoms with Gasteiger partial charge in [0.25, 0.3) is 17.7 Å². The van der Waals surface area contributed by atoms with Crippen molar-refractivity contribution in [1.29, 1.82) is 0 Å². The second kappa shape index (κ2) is 8.45. The summed E-state index contributed by atoms with van der Waals surface area (Å²) in [5, 5.41) is 13.9. The third-order valence-electron chi connectivity index (χ3n) is 5.08. The zero-order valence-electron chi connectivity index (χ0n) is 16.6. The molecule has 0 aliphatic carbocycles. The van der Waals surface area contributed by atoms with Crippen molar-refractivity contribution in [2.45, 2.75) is 6.42 Å². The average molecular weight is 461 g/mol. The van der Waals surface area contributed by atoms with Crippen molar-refractivity contribution in [3.8, 4) is 9.88 Å². The summed E-state index contributed by atoms with van der Waals surface area (Å²) in [5.74, 6) is -1.13. The van der Waals surface area contributed by atoms with Gasteiger partial charge in [0, 0.05) is 12.1 Å². The van der Waals surface area contributed by atoms with Gasteiger partial charge in [-0.2, -0.15) is 0 Å². The number of rotatable bonds is 6. The van der Waals surface area contributed by atoms with Crippen molar-refractivity contribution in [3.05, 3.63) is 88.3 Å². The molecule has 0 unspecified atom stereocenters. The molecule has 3 amide bonds. The van der Waals surface area contributed by atoms with E-state index in [9.17, 15) is 14.4 Å². The van der Waals surface area contributed by atoms with E-state index in [1.54, 1.807) is 17.4 Å². The number of nitrogens with zero attached hydrogens (tertiary/aromatic N) is 3. The molecule has 0 bridgehead atoms. The van der Waals surface area contributed by atoms with Crippen LogP contribution in [0.3, 0.4) is 0 Å². The van der Waals surface area contributed by atoms with E-state index in [1.807, 2.05) is 47.8 Å². The highest BCUT2D eigenvalue weighted by molar-refractivity contribution is 7.23. The molecule has 9 heteroatoms. The van der Waals surface area contributed by atoms with Crippen LogP contribution in [0.1, 0.15) is 36.6 Å². The summed E-state index contributed by atoms with van der Waals surface area (Å²) < 4.78 is 0. The van der Waals surface area contributed by atoms with Crippen LogP contribution in [-0.2, 0) is 6.42 Å². The Morgan fingerprint density at radius 3 is 2.53 bits per heavy atom. The van der Waals surface area contributed by atoms with Gasteiger partial charge in [-0.1, -0.05) is 47.7 Å². The molecule has 1 aliphatic heterocycles. The molecule has 0 radical (unpaired) electrons. The average Bonchev–Trinajstić information content (AvgIpc) is 3.55. The number of nitrogens with one attached hydrogen (secondary N) is 1. The Labute approximate surface area is 191 Å². The molecule has 0 saturated carbocycles. The third kappa shape index (κ3) is 3.83. The molecule has 7 nitrogen and oxygen atoms in total. The molecule has 4 aromatic rings. The van der Waals surface area contributed by atoms with Crippen LogP contribution < -0.4 is 5.32 Å². The van der Waals surface area contributed by atoms with Crippen LogP contribution in [0.25, 0.3) is 9.88 Å². The first-order chi connectivity index (χ1) is 15.6. The van der Waals surface area contributed by atoms with Crippen LogP contribution in [0.2, 0.25) is 0 Å². The molecular formula is C23H16N4O3S2. The second-order valence-corrected chi connectivity index (χ2v) is 9.03. The van der Waals surface area contributed by atoms with Crippen LogP contribution in [0.5, 0.6) is 0 Å². The summed E-state index contributed by atoms with van der Waals surface area (Å²) in [6, 6.07) is 18.1. The minimum absolute atomic E-state index is 0.243. The van der Waals surface area contributed by atoms with Crippen molar-refractivity contribution < 1.29 is 14.4 Å². The first-order valence-electron chi connectivity index (χ1n) is 9.83. The van der Waals surface area contributed by atoms with Crippen LogP contribution in [0.15, 0.2) is 66.0 Å². The molecule has 2 aromatic heterocycles. The van der Waals surface area contributed by atoms with Gasteiger partial charge >= 0.3 is 0 Å². The summed E-state index contributed by atoms with van der Waals surface area (Å²) in [6.45, 7) is 0.286. The lowest BCUT2D eigenvalue weighted by molar-refractivity contribution is 0.0656. The molecule has 2 aromatic carbocycles. The van der Waals surface area contributed by atoms with Gasteiger partial charge in [-0.05, 0) is 41.6 Å². The van der Waals surface area contributed by atoms with Gasteiger partial charge in [0.2, 0.25) is 5.13 Å². The van der Waals surface area contributed by atoms with Crippen LogP contribution in [0.4, 0.5) is 5.13 Å².